The van der Waals surface area contributed by atoms with Crippen molar-refractivity contribution in [3.8, 4) is 0 Å². The van der Waals surface area contributed by atoms with Gasteiger partial charge in [-0.2, -0.15) is 0 Å². The Kier molecular flexibility index (Phi) is 9.61. The zero-order valence-electron chi connectivity index (χ0n) is 25.1. The van der Waals surface area contributed by atoms with Crippen molar-refractivity contribution in [3.05, 3.63) is 140 Å². The van der Waals surface area contributed by atoms with E-state index in [9.17, 15) is 0 Å². The minimum absolute atomic E-state index is 0.0934. The first-order valence-electron chi connectivity index (χ1n) is 15.2. The van der Waals surface area contributed by atoms with Crippen LogP contribution in [0.25, 0.3) is 10.1 Å². The minimum atomic E-state index is -0.243. The predicted octanol–water partition coefficient (Wildman–Crippen LogP) is 10.2. The first-order valence-corrected chi connectivity index (χ1v) is 16.4. The smallest absolute Gasteiger partial charge is 0.114 e. The van der Waals surface area contributed by atoms with Crippen LogP contribution in [-0.2, 0) is 33.8 Å². The maximum atomic E-state index is 6.88. The van der Waals surface area contributed by atoms with Gasteiger partial charge in [0.2, 0.25) is 0 Å². The highest BCUT2D eigenvalue weighted by Crippen LogP contribution is 2.40. The van der Waals surface area contributed by atoms with Crippen LogP contribution in [0.15, 0.2) is 97.1 Å². The molecule has 6 rings (SSSR count). The van der Waals surface area contributed by atoms with Crippen LogP contribution in [0.2, 0.25) is 5.02 Å². The number of fused-ring (bicyclic) bond motifs is 1. The largest absolute Gasteiger partial charge is 0.371 e. The van der Waals surface area contributed by atoms with Crippen LogP contribution in [0.1, 0.15) is 64.1 Å². The molecule has 1 aliphatic rings. The standard InChI is InChI=1S/C38H39ClO3S/c1-4-32-22-35(40-23-27-11-7-5-8-12-27)38(41-24-28-13-9-6-10-14-28)37(42-32)34-21-29(25(2)17-26(34)3)19-33-20-30-18-31(39)15-16-36(30)43-33/h5-18,20-21,32,35,37-38H,4,19,22-24H2,1-3H3/t32-,35+,37+,38-/m1/s1. The third kappa shape index (κ3) is 7.22. The lowest BCUT2D eigenvalue weighted by Crippen LogP contribution is -2.46. The molecule has 0 unspecified atom stereocenters. The van der Waals surface area contributed by atoms with Gasteiger partial charge in [0.05, 0.1) is 25.4 Å². The Morgan fingerprint density at radius 3 is 2.21 bits per heavy atom. The van der Waals surface area contributed by atoms with Crippen molar-refractivity contribution in [2.45, 2.75) is 77.7 Å². The topological polar surface area (TPSA) is 27.7 Å². The van der Waals surface area contributed by atoms with E-state index in [1.54, 1.807) is 0 Å². The maximum absolute atomic E-state index is 6.88. The Morgan fingerprint density at radius 1 is 0.814 bits per heavy atom. The number of aryl methyl sites for hydroxylation is 2. The summed E-state index contributed by atoms with van der Waals surface area (Å²) >= 11 is 8.11. The lowest BCUT2D eigenvalue weighted by Gasteiger charge is -2.42. The van der Waals surface area contributed by atoms with Gasteiger partial charge in [0.15, 0.2) is 0 Å². The summed E-state index contributed by atoms with van der Waals surface area (Å²) in [4.78, 5) is 1.33. The molecule has 0 N–H and O–H groups in total. The van der Waals surface area contributed by atoms with Gasteiger partial charge in [-0.3, -0.25) is 0 Å². The molecule has 4 atom stereocenters. The molecule has 0 bridgehead atoms. The molecule has 3 nitrogen and oxygen atoms in total. The molecule has 0 spiro atoms. The highest BCUT2D eigenvalue weighted by Gasteiger charge is 2.41. The number of thiophene rings is 1. The van der Waals surface area contributed by atoms with Gasteiger partial charge in [0.25, 0.3) is 0 Å². The van der Waals surface area contributed by atoms with E-state index >= 15 is 0 Å². The Hall–Kier alpha value is -2.99. The van der Waals surface area contributed by atoms with Crippen LogP contribution in [0.3, 0.4) is 0 Å². The molecule has 1 aliphatic heterocycles. The molecule has 4 aromatic carbocycles. The quantitative estimate of drug-likeness (QED) is 0.157. The molecule has 1 aromatic heterocycles. The summed E-state index contributed by atoms with van der Waals surface area (Å²) in [7, 11) is 0. The van der Waals surface area contributed by atoms with Crippen molar-refractivity contribution in [3.63, 3.8) is 0 Å². The highest BCUT2D eigenvalue weighted by atomic mass is 35.5. The molecule has 5 aromatic rings. The third-order valence-electron chi connectivity index (χ3n) is 8.47. The predicted molar refractivity (Wildman–Crippen MR) is 178 cm³/mol. The lowest BCUT2D eigenvalue weighted by atomic mass is 9.87. The van der Waals surface area contributed by atoms with Crippen LogP contribution < -0.4 is 0 Å². The molecule has 0 radical (unpaired) electrons. The first kappa shape index (κ1) is 30.1. The molecule has 5 heteroatoms. The lowest BCUT2D eigenvalue weighted by molar-refractivity contribution is -0.211. The molecular formula is C38H39ClO3S. The average molecular weight is 611 g/mol. The van der Waals surface area contributed by atoms with Crippen molar-refractivity contribution in [2.75, 3.05) is 0 Å². The van der Waals surface area contributed by atoms with Crippen LogP contribution in [0.5, 0.6) is 0 Å². The normalized spacial score (nSPS) is 20.5. The number of benzene rings is 4. The van der Waals surface area contributed by atoms with E-state index in [0.717, 1.165) is 29.8 Å². The number of hydrogen-bond acceptors (Lipinski definition) is 4. The van der Waals surface area contributed by atoms with Gasteiger partial charge in [-0.15, -0.1) is 11.3 Å². The number of hydrogen-bond donors (Lipinski definition) is 0. The molecule has 0 amide bonds. The van der Waals surface area contributed by atoms with Crippen LogP contribution in [0, 0.1) is 13.8 Å². The molecule has 0 aliphatic carbocycles. The molecule has 222 valence electrons. The molecule has 1 saturated heterocycles. The Balaban J connectivity index is 1.32. The second-order valence-corrected chi connectivity index (χ2v) is 13.2. The molecule has 43 heavy (non-hydrogen) atoms. The zero-order valence-corrected chi connectivity index (χ0v) is 26.7. The van der Waals surface area contributed by atoms with Gasteiger partial charge >= 0.3 is 0 Å². The Morgan fingerprint density at radius 2 is 1.51 bits per heavy atom. The second kappa shape index (κ2) is 13.8. The van der Waals surface area contributed by atoms with E-state index in [0.29, 0.717) is 13.2 Å². The fourth-order valence-corrected chi connectivity index (χ4v) is 7.35. The van der Waals surface area contributed by atoms with Gasteiger partial charge in [-0.1, -0.05) is 91.3 Å². The van der Waals surface area contributed by atoms with E-state index in [1.165, 1.54) is 42.8 Å². The van der Waals surface area contributed by atoms with E-state index in [2.05, 4.69) is 99.6 Å². The summed E-state index contributed by atoms with van der Waals surface area (Å²) in [5.41, 5.74) is 7.32. The van der Waals surface area contributed by atoms with Crippen molar-refractivity contribution in [1.29, 1.82) is 0 Å². The van der Waals surface area contributed by atoms with E-state index in [-0.39, 0.29) is 24.4 Å². The summed E-state index contributed by atoms with van der Waals surface area (Å²) in [5, 5.41) is 1.97. The van der Waals surface area contributed by atoms with Gasteiger partial charge in [-0.05, 0) is 83.3 Å². The minimum Gasteiger partial charge on any atom is -0.371 e. The van der Waals surface area contributed by atoms with Gasteiger partial charge < -0.3 is 14.2 Å². The van der Waals surface area contributed by atoms with E-state index < -0.39 is 0 Å². The van der Waals surface area contributed by atoms with E-state index in [4.69, 9.17) is 25.8 Å². The number of ether oxygens (including phenoxy) is 3. The summed E-state index contributed by atoms with van der Waals surface area (Å²) < 4.78 is 21.6. The summed E-state index contributed by atoms with van der Waals surface area (Å²) in [6.45, 7) is 7.66. The van der Waals surface area contributed by atoms with Crippen molar-refractivity contribution >= 4 is 33.0 Å². The fourth-order valence-electron chi connectivity index (χ4n) is 6.10. The van der Waals surface area contributed by atoms with Crippen LogP contribution in [-0.4, -0.2) is 18.3 Å². The van der Waals surface area contributed by atoms with Crippen molar-refractivity contribution < 1.29 is 14.2 Å². The number of rotatable bonds is 10. The maximum Gasteiger partial charge on any atom is 0.114 e. The second-order valence-electron chi connectivity index (χ2n) is 11.6. The van der Waals surface area contributed by atoms with Crippen LogP contribution >= 0.6 is 22.9 Å². The monoisotopic (exact) mass is 610 g/mol. The SMILES string of the molecule is CC[C@@H]1C[C@H](OCc2ccccc2)[C@@H](OCc2ccccc2)[C@H](c2cc(Cc3cc4cc(Cl)ccc4s3)c(C)cc2C)O1. The third-order valence-corrected chi connectivity index (χ3v) is 9.82. The first-order chi connectivity index (χ1) is 21.0. The van der Waals surface area contributed by atoms with E-state index in [1.807, 2.05) is 29.5 Å². The summed E-state index contributed by atoms with van der Waals surface area (Å²) in [6.07, 6.45) is 2.12. The summed E-state index contributed by atoms with van der Waals surface area (Å²) in [5.74, 6) is 0. The Bertz CT molecular complexity index is 1650. The van der Waals surface area contributed by atoms with Gasteiger partial charge in [0.1, 0.15) is 12.2 Å². The molecular weight excluding hydrogens is 572 g/mol. The fraction of sp³-hybridized carbons (Fsp3) is 0.316. The molecule has 0 saturated carbocycles. The van der Waals surface area contributed by atoms with Gasteiger partial charge in [-0.25, -0.2) is 0 Å². The average Bonchev–Trinajstić information content (AvgIpc) is 3.42. The number of halogens is 1. The summed E-state index contributed by atoms with van der Waals surface area (Å²) in [6, 6.07) is 33.8. The zero-order chi connectivity index (χ0) is 29.8. The highest BCUT2D eigenvalue weighted by molar-refractivity contribution is 7.19. The Labute approximate surface area is 264 Å². The molecule has 1 fully saturated rings. The van der Waals surface area contributed by atoms with Gasteiger partial charge in [0, 0.05) is 27.4 Å². The van der Waals surface area contributed by atoms with Crippen molar-refractivity contribution in [2.24, 2.45) is 0 Å². The van der Waals surface area contributed by atoms with Crippen LogP contribution in [0.4, 0.5) is 0 Å². The molecule has 2 heterocycles. The van der Waals surface area contributed by atoms with Crippen molar-refractivity contribution in [1.82, 2.24) is 0 Å².